The second-order valence-electron chi connectivity index (χ2n) is 4.41. The number of hydrogen-bond donors (Lipinski definition) is 2. The quantitative estimate of drug-likeness (QED) is 0.741. The summed E-state index contributed by atoms with van der Waals surface area (Å²) in [4.78, 5) is 11.6. The third-order valence-corrected chi connectivity index (χ3v) is 2.79. The Morgan fingerprint density at radius 2 is 1.94 bits per heavy atom. The average Bonchev–Trinajstić information content (AvgIpc) is 2.30. The maximum Gasteiger partial charge on any atom is 0.220 e. The number of benzene rings is 1. The minimum atomic E-state index is 0.0812. The molecular weight excluding hydrogens is 212 g/mol. The van der Waals surface area contributed by atoms with Crippen molar-refractivity contribution in [2.45, 2.75) is 32.7 Å². The second-order valence-corrected chi connectivity index (χ2v) is 4.41. The van der Waals surface area contributed by atoms with Crippen molar-refractivity contribution in [1.29, 1.82) is 0 Å². The normalized spacial score (nSPS) is 12.2. The van der Waals surface area contributed by atoms with Crippen LogP contribution in [0.1, 0.15) is 36.9 Å². The predicted octanol–water partition coefficient (Wildman–Crippen LogP) is 2.17. The fourth-order valence-corrected chi connectivity index (χ4v) is 1.68. The van der Waals surface area contributed by atoms with Crippen molar-refractivity contribution in [3.63, 3.8) is 0 Å². The third kappa shape index (κ3) is 5.00. The van der Waals surface area contributed by atoms with E-state index in [0.29, 0.717) is 6.42 Å². The molecule has 0 saturated carbocycles. The molecule has 1 amide bonds. The largest absolute Gasteiger partial charge is 0.350 e. The Morgan fingerprint density at radius 3 is 2.53 bits per heavy atom. The molecule has 0 aliphatic heterocycles. The van der Waals surface area contributed by atoms with Gasteiger partial charge in [-0.25, -0.2) is 0 Å². The zero-order valence-electron chi connectivity index (χ0n) is 10.9. The highest BCUT2D eigenvalue weighted by Crippen LogP contribution is 2.13. The van der Waals surface area contributed by atoms with Crippen LogP contribution in [-0.2, 0) is 4.79 Å². The molecule has 0 fully saturated rings. The lowest BCUT2D eigenvalue weighted by Crippen LogP contribution is -2.27. The molecule has 0 bridgehead atoms. The molecule has 0 aliphatic carbocycles. The third-order valence-electron chi connectivity index (χ3n) is 2.79. The van der Waals surface area contributed by atoms with Gasteiger partial charge >= 0.3 is 0 Å². The van der Waals surface area contributed by atoms with Crippen LogP contribution in [0.2, 0.25) is 0 Å². The van der Waals surface area contributed by atoms with E-state index in [2.05, 4.69) is 41.8 Å². The van der Waals surface area contributed by atoms with Gasteiger partial charge in [-0.05, 0) is 39.4 Å². The first-order valence-corrected chi connectivity index (χ1v) is 6.14. The summed E-state index contributed by atoms with van der Waals surface area (Å²) in [5, 5.41) is 6.04. The fourth-order valence-electron chi connectivity index (χ4n) is 1.68. The molecule has 1 aromatic rings. The second kappa shape index (κ2) is 7.07. The van der Waals surface area contributed by atoms with Crippen molar-refractivity contribution < 1.29 is 4.79 Å². The summed E-state index contributed by atoms with van der Waals surface area (Å²) in [5.74, 6) is 0.119. The zero-order chi connectivity index (χ0) is 12.7. The topological polar surface area (TPSA) is 41.1 Å². The first-order chi connectivity index (χ1) is 8.13. The molecule has 0 saturated heterocycles. The Morgan fingerprint density at radius 1 is 1.29 bits per heavy atom. The van der Waals surface area contributed by atoms with Crippen LogP contribution in [-0.4, -0.2) is 19.5 Å². The number of carbonyl (C=O) groups is 1. The first kappa shape index (κ1) is 13.7. The molecule has 0 aromatic heterocycles. The first-order valence-electron chi connectivity index (χ1n) is 6.14. The van der Waals surface area contributed by atoms with Crippen molar-refractivity contribution in [3.8, 4) is 0 Å². The van der Waals surface area contributed by atoms with Crippen LogP contribution in [0.4, 0.5) is 0 Å². The Kier molecular flexibility index (Phi) is 5.70. The number of hydrogen-bond acceptors (Lipinski definition) is 2. The standard InChI is InChI=1S/C14H22N2O/c1-11-6-8-13(9-7-11)12(2)16-14(17)5-4-10-15-3/h6-9,12,15H,4-5,10H2,1-3H3,(H,16,17)/t12-/m1/s1. The van der Waals surface area contributed by atoms with Crippen LogP contribution in [0.25, 0.3) is 0 Å². The van der Waals surface area contributed by atoms with Gasteiger partial charge in [-0.2, -0.15) is 0 Å². The number of carbonyl (C=O) groups excluding carboxylic acids is 1. The highest BCUT2D eigenvalue weighted by atomic mass is 16.1. The molecule has 0 unspecified atom stereocenters. The predicted molar refractivity (Wildman–Crippen MR) is 70.9 cm³/mol. The molecule has 0 heterocycles. The monoisotopic (exact) mass is 234 g/mol. The van der Waals surface area contributed by atoms with Gasteiger partial charge in [0.05, 0.1) is 6.04 Å². The van der Waals surface area contributed by atoms with Crippen LogP contribution >= 0.6 is 0 Å². The molecule has 0 aliphatic rings. The Bertz CT molecular complexity index is 346. The summed E-state index contributed by atoms with van der Waals surface area (Å²) >= 11 is 0. The van der Waals surface area contributed by atoms with Gasteiger partial charge in [0.15, 0.2) is 0 Å². The summed E-state index contributed by atoms with van der Waals surface area (Å²) in [6, 6.07) is 8.34. The van der Waals surface area contributed by atoms with Crippen LogP contribution in [0.15, 0.2) is 24.3 Å². The summed E-state index contributed by atoms with van der Waals surface area (Å²) < 4.78 is 0. The lowest BCUT2D eigenvalue weighted by molar-refractivity contribution is -0.121. The van der Waals surface area contributed by atoms with Gasteiger partial charge in [0.25, 0.3) is 0 Å². The van der Waals surface area contributed by atoms with Crippen LogP contribution in [0, 0.1) is 6.92 Å². The molecule has 0 spiro atoms. The van der Waals surface area contributed by atoms with E-state index in [1.807, 2.05) is 14.0 Å². The minimum absolute atomic E-state index is 0.0812. The maximum atomic E-state index is 11.6. The van der Waals surface area contributed by atoms with Gasteiger partial charge < -0.3 is 10.6 Å². The lowest BCUT2D eigenvalue weighted by atomic mass is 10.1. The molecule has 1 rings (SSSR count). The van der Waals surface area contributed by atoms with Crippen LogP contribution in [0.5, 0.6) is 0 Å². The highest BCUT2D eigenvalue weighted by Gasteiger charge is 2.08. The molecule has 3 heteroatoms. The van der Waals surface area contributed by atoms with E-state index in [4.69, 9.17) is 0 Å². The maximum absolute atomic E-state index is 11.6. The Labute approximate surface area is 104 Å². The van der Waals surface area contributed by atoms with Gasteiger partial charge in [-0.1, -0.05) is 29.8 Å². The fraction of sp³-hybridized carbons (Fsp3) is 0.500. The van der Waals surface area contributed by atoms with E-state index in [1.165, 1.54) is 5.56 Å². The SMILES string of the molecule is CNCCCC(=O)N[C@H](C)c1ccc(C)cc1. The van der Waals surface area contributed by atoms with E-state index >= 15 is 0 Å². The lowest BCUT2D eigenvalue weighted by Gasteiger charge is -2.14. The summed E-state index contributed by atoms with van der Waals surface area (Å²) in [6.45, 7) is 4.96. The van der Waals surface area contributed by atoms with E-state index in [9.17, 15) is 4.79 Å². The van der Waals surface area contributed by atoms with Crippen LogP contribution < -0.4 is 10.6 Å². The van der Waals surface area contributed by atoms with Gasteiger partial charge in [0.2, 0.25) is 5.91 Å². The Balaban J connectivity index is 2.40. The van der Waals surface area contributed by atoms with Gasteiger partial charge in [0, 0.05) is 6.42 Å². The van der Waals surface area contributed by atoms with Gasteiger partial charge in [-0.15, -0.1) is 0 Å². The van der Waals surface area contributed by atoms with E-state index in [-0.39, 0.29) is 11.9 Å². The molecule has 1 aromatic carbocycles. The minimum Gasteiger partial charge on any atom is -0.350 e. The number of aryl methyl sites for hydroxylation is 1. The summed E-state index contributed by atoms with van der Waals surface area (Å²) in [7, 11) is 1.90. The molecule has 17 heavy (non-hydrogen) atoms. The van der Waals surface area contributed by atoms with E-state index in [1.54, 1.807) is 0 Å². The number of amides is 1. The molecule has 1 atom stereocenters. The van der Waals surface area contributed by atoms with Crippen molar-refractivity contribution in [2.75, 3.05) is 13.6 Å². The van der Waals surface area contributed by atoms with Crippen molar-refractivity contribution in [1.82, 2.24) is 10.6 Å². The average molecular weight is 234 g/mol. The van der Waals surface area contributed by atoms with Crippen molar-refractivity contribution >= 4 is 5.91 Å². The molecule has 3 nitrogen and oxygen atoms in total. The van der Waals surface area contributed by atoms with E-state index in [0.717, 1.165) is 18.5 Å². The molecular formula is C14H22N2O. The van der Waals surface area contributed by atoms with Crippen LogP contribution in [0.3, 0.4) is 0 Å². The smallest absolute Gasteiger partial charge is 0.220 e. The number of nitrogens with one attached hydrogen (secondary N) is 2. The summed E-state index contributed by atoms with van der Waals surface area (Å²) in [6.07, 6.45) is 1.46. The molecule has 2 N–H and O–H groups in total. The van der Waals surface area contributed by atoms with E-state index < -0.39 is 0 Å². The zero-order valence-corrected chi connectivity index (χ0v) is 10.9. The highest BCUT2D eigenvalue weighted by molar-refractivity contribution is 5.76. The molecule has 94 valence electrons. The Hall–Kier alpha value is -1.35. The van der Waals surface area contributed by atoms with Crippen molar-refractivity contribution in [2.24, 2.45) is 0 Å². The van der Waals surface area contributed by atoms with Gasteiger partial charge in [-0.3, -0.25) is 4.79 Å². The molecule has 0 radical (unpaired) electrons. The van der Waals surface area contributed by atoms with Gasteiger partial charge in [0.1, 0.15) is 0 Å². The summed E-state index contributed by atoms with van der Waals surface area (Å²) in [5.41, 5.74) is 2.39. The van der Waals surface area contributed by atoms with Crippen molar-refractivity contribution in [3.05, 3.63) is 35.4 Å². The number of rotatable bonds is 6.